The molecule has 5 nitrogen and oxygen atoms in total. The number of benzene rings is 1. The molecule has 1 aliphatic heterocycles. The van der Waals surface area contributed by atoms with E-state index in [-0.39, 0.29) is 5.69 Å². The van der Waals surface area contributed by atoms with E-state index in [4.69, 9.17) is 4.52 Å². The second-order valence-electron chi connectivity index (χ2n) is 4.37. The van der Waals surface area contributed by atoms with Crippen molar-refractivity contribution < 1.29 is 14.0 Å². The quantitative estimate of drug-likeness (QED) is 0.472. The predicted octanol–water partition coefficient (Wildman–Crippen LogP) is 3.95. The van der Waals surface area contributed by atoms with Crippen molar-refractivity contribution >= 4 is 13.1 Å². The smallest absolute Gasteiger partial charge is 0.270 e. The van der Waals surface area contributed by atoms with Crippen LogP contribution in [0.4, 0.5) is 5.69 Å². The lowest BCUT2D eigenvalue weighted by Gasteiger charge is -2.21. The van der Waals surface area contributed by atoms with Gasteiger partial charge in [-0.3, -0.25) is 14.7 Å². The molecule has 0 N–H and O–H groups in total. The number of nitro benzene ring substituents is 1. The standard InChI is InChI=1S/C12H14NO4P/c1-10-3-2-8-18(16,9-10)17-12-6-4-11(5-7-12)13(14)15/h4-7,9H,2-3,8H2,1H3/t18-/m1/s1. The van der Waals surface area contributed by atoms with E-state index in [1.165, 1.54) is 24.3 Å². The number of rotatable bonds is 3. The molecule has 0 saturated carbocycles. The van der Waals surface area contributed by atoms with E-state index in [9.17, 15) is 14.7 Å². The van der Waals surface area contributed by atoms with E-state index in [0.29, 0.717) is 11.9 Å². The van der Waals surface area contributed by atoms with Crippen molar-refractivity contribution in [3.63, 3.8) is 0 Å². The number of hydrogen-bond donors (Lipinski definition) is 0. The normalized spacial score (nSPS) is 23.3. The van der Waals surface area contributed by atoms with E-state index in [2.05, 4.69) is 0 Å². The molecule has 1 aliphatic rings. The lowest BCUT2D eigenvalue weighted by atomic mass is 10.2. The lowest BCUT2D eigenvalue weighted by Crippen LogP contribution is -2.02. The number of allylic oxidation sites excluding steroid dienone is 1. The molecular weight excluding hydrogens is 253 g/mol. The maximum absolute atomic E-state index is 12.4. The summed E-state index contributed by atoms with van der Waals surface area (Å²) in [6.45, 7) is 1.94. The van der Waals surface area contributed by atoms with E-state index in [0.717, 1.165) is 18.4 Å². The van der Waals surface area contributed by atoms with Gasteiger partial charge in [0, 0.05) is 24.1 Å². The predicted molar refractivity (Wildman–Crippen MR) is 69.2 cm³/mol. The fourth-order valence-corrected chi connectivity index (χ4v) is 4.07. The molecule has 0 amide bonds. The highest BCUT2D eigenvalue weighted by molar-refractivity contribution is 7.62. The molecule has 0 aromatic heterocycles. The Balaban J connectivity index is 2.16. The van der Waals surface area contributed by atoms with E-state index < -0.39 is 12.3 Å². The molecule has 0 aliphatic carbocycles. The molecule has 1 aromatic rings. The molecule has 1 heterocycles. The second-order valence-corrected chi connectivity index (χ2v) is 6.71. The summed E-state index contributed by atoms with van der Waals surface area (Å²) >= 11 is 0. The topological polar surface area (TPSA) is 69.4 Å². The summed E-state index contributed by atoms with van der Waals surface area (Å²) < 4.78 is 17.9. The fourth-order valence-electron chi connectivity index (χ4n) is 1.92. The SMILES string of the molecule is CC1=C[P@](=O)(Oc2ccc([N+](=O)[O-])cc2)CCC1. The Morgan fingerprint density at radius 3 is 2.56 bits per heavy atom. The van der Waals surface area contributed by atoms with E-state index >= 15 is 0 Å². The first-order valence-electron chi connectivity index (χ1n) is 5.70. The third kappa shape index (κ3) is 2.99. The van der Waals surface area contributed by atoms with Gasteiger partial charge in [-0.2, -0.15) is 0 Å². The Hall–Kier alpha value is -1.61. The van der Waals surface area contributed by atoms with Crippen LogP contribution >= 0.6 is 7.37 Å². The minimum absolute atomic E-state index is 0.00370. The summed E-state index contributed by atoms with van der Waals surface area (Å²) in [6, 6.07) is 5.66. The van der Waals surface area contributed by atoms with Crippen molar-refractivity contribution in [1.29, 1.82) is 0 Å². The number of nitrogens with zero attached hydrogens (tertiary/aromatic N) is 1. The number of non-ortho nitro benzene ring substituents is 1. The highest BCUT2D eigenvalue weighted by Crippen LogP contribution is 2.53. The summed E-state index contributed by atoms with van der Waals surface area (Å²) in [5, 5.41) is 10.5. The van der Waals surface area contributed by atoms with Crippen LogP contribution in [0.15, 0.2) is 35.7 Å². The Morgan fingerprint density at radius 2 is 2.00 bits per heavy atom. The van der Waals surface area contributed by atoms with Gasteiger partial charge < -0.3 is 4.52 Å². The highest BCUT2D eigenvalue weighted by Gasteiger charge is 2.25. The maximum atomic E-state index is 12.4. The van der Waals surface area contributed by atoms with Crippen LogP contribution < -0.4 is 4.52 Å². The Bertz CT molecular complexity index is 536. The Labute approximate surface area is 105 Å². The van der Waals surface area contributed by atoms with Gasteiger partial charge >= 0.3 is 0 Å². The molecule has 6 heteroatoms. The van der Waals surface area contributed by atoms with E-state index in [1.54, 1.807) is 5.82 Å². The molecule has 0 unspecified atom stereocenters. The van der Waals surface area contributed by atoms with Crippen LogP contribution in [0.5, 0.6) is 5.75 Å². The average Bonchev–Trinajstić information content (AvgIpc) is 2.28. The van der Waals surface area contributed by atoms with Crippen molar-refractivity contribution in [3.05, 3.63) is 45.8 Å². The van der Waals surface area contributed by atoms with Gasteiger partial charge in [0.1, 0.15) is 5.75 Å². The van der Waals surface area contributed by atoms with Crippen LogP contribution in [-0.2, 0) is 4.57 Å². The van der Waals surface area contributed by atoms with Gasteiger partial charge in [-0.1, -0.05) is 5.57 Å². The minimum Gasteiger partial charge on any atom is -0.440 e. The zero-order valence-corrected chi connectivity index (χ0v) is 10.9. The molecule has 0 radical (unpaired) electrons. The number of nitro groups is 1. The largest absolute Gasteiger partial charge is 0.440 e. The monoisotopic (exact) mass is 267 g/mol. The van der Waals surface area contributed by atoms with Crippen molar-refractivity contribution in [3.8, 4) is 5.75 Å². The zero-order valence-electron chi connectivity index (χ0n) is 10.0. The third-order valence-electron chi connectivity index (χ3n) is 2.77. The average molecular weight is 267 g/mol. The first-order valence-corrected chi connectivity index (χ1v) is 7.58. The minimum atomic E-state index is -2.76. The first-order chi connectivity index (χ1) is 8.48. The van der Waals surface area contributed by atoms with E-state index in [1.807, 2.05) is 6.92 Å². The summed E-state index contributed by atoms with van der Waals surface area (Å²) in [5.41, 5.74) is 1.07. The van der Waals surface area contributed by atoms with Crippen molar-refractivity contribution in [2.75, 3.05) is 6.16 Å². The molecule has 0 bridgehead atoms. The molecule has 0 spiro atoms. The van der Waals surface area contributed by atoms with Crippen molar-refractivity contribution in [1.82, 2.24) is 0 Å². The highest BCUT2D eigenvalue weighted by atomic mass is 31.2. The Morgan fingerprint density at radius 1 is 1.33 bits per heavy atom. The Kier molecular flexibility index (Phi) is 3.53. The molecule has 96 valence electrons. The molecule has 18 heavy (non-hydrogen) atoms. The fraction of sp³-hybridized carbons (Fsp3) is 0.333. The van der Waals surface area contributed by atoms with Crippen LogP contribution in [0.1, 0.15) is 19.8 Å². The van der Waals surface area contributed by atoms with Gasteiger partial charge in [-0.25, -0.2) is 0 Å². The second kappa shape index (κ2) is 4.94. The summed E-state index contributed by atoms with van der Waals surface area (Å²) in [5.74, 6) is 2.12. The van der Waals surface area contributed by atoms with Crippen LogP contribution in [0.25, 0.3) is 0 Å². The van der Waals surface area contributed by atoms with Crippen LogP contribution in [0.3, 0.4) is 0 Å². The number of hydrogen-bond acceptors (Lipinski definition) is 4. The first kappa shape index (κ1) is 12.8. The van der Waals surface area contributed by atoms with Gasteiger partial charge in [0.2, 0.25) is 0 Å². The molecule has 1 atom stereocenters. The summed E-state index contributed by atoms with van der Waals surface area (Å²) in [4.78, 5) is 10.0. The maximum Gasteiger partial charge on any atom is 0.270 e. The molecule has 0 saturated heterocycles. The van der Waals surface area contributed by atoms with Crippen molar-refractivity contribution in [2.45, 2.75) is 19.8 Å². The summed E-state index contributed by atoms with van der Waals surface area (Å²) in [7, 11) is -2.76. The van der Waals surface area contributed by atoms with Gasteiger partial charge in [0.15, 0.2) is 0 Å². The zero-order chi connectivity index (χ0) is 13.2. The van der Waals surface area contributed by atoms with Crippen LogP contribution in [0.2, 0.25) is 0 Å². The van der Waals surface area contributed by atoms with Gasteiger partial charge in [-0.15, -0.1) is 0 Å². The van der Waals surface area contributed by atoms with Gasteiger partial charge in [-0.05, 0) is 31.9 Å². The lowest BCUT2D eigenvalue weighted by molar-refractivity contribution is -0.384. The van der Waals surface area contributed by atoms with Crippen molar-refractivity contribution in [2.24, 2.45) is 0 Å². The molecular formula is C12H14NO4P. The summed E-state index contributed by atoms with van der Waals surface area (Å²) in [6.07, 6.45) is 2.33. The molecule has 0 fully saturated rings. The van der Waals surface area contributed by atoms with Gasteiger partial charge in [0.05, 0.1) is 4.92 Å². The molecule has 1 aromatic carbocycles. The molecule has 2 rings (SSSR count). The van der Waals surface area contributed by atoms with Crippen LogP contribution in [0, 0.1) is 10.1 Å². The van der Waals surface area contributed by atoms with Gasteiger partial charge in [0.25, 0.3) is 13.1 Å². The van der Waals surface area contributed by atoms with Crippen LogP contribution in [-0.4, -0.2) is 11.1 Å². The third-order valence-corrected chi connectivity index (χ3v) is 5.06.